The van der Waals surface area contributed by atoms with Crippen molar-refractivity contribution in [2.45, 2.75) is 6.61 Å². The molecule has 0 unspecified atom stereocenters. The minimum atomic E-state index is -0.209. The van der Waals surface area contributed by atoms with E-state index in [1.165, 1.54) is 13.2 Å². The van der Waals surface area contributed by atoms with Gasteiger partial charge in [0.1, 0.15) is 0 Å². The predicted octanol–water partition coefficient (Wildman–Crippen LogP) is -0.114. The third kappa shape index (κ3) is 1.48. The fraction of sp³-hybridized carbons (Fsp3) is 0.375. The molecule has 1 aromatic heterocycles. The largest absolute Gasteiger partial charge is 0.491 e. The highest BCUT2D eigenvalue weighted by Crippen LogP contribution is 2.03. The van der Waals surface area contributed by atoms with Crippen LogP contribution in [0.5, 0.6) is 5.75 Å². The van der Waals surface area contributed by atoms with Crippen LogP contribution < -0.4 is 10.2 Å². The second-order valence-electron chi connectivity index (χ2n) is 2.47. The Bertz CT molecular complexity index is 330. The molecule has 0 aliphatic heterocycles. The number of aliphatic hydroxyl groups is 1. The number of pyridine rings is 1. The lowest BCUT2D eigenvalue weighted by Crippen LogP contribution is -2.11. The van der Waals surface area contributed by atoms with Crippen molar-refractivity contribution in [3.63, 3.8) is 0 Å². The van der Waals surface area contributed by atoms with E-state index in [2.05, 4.69) is 0 Å². The predicted molar refractivity (Wildman–Crippen MR) is 44.2 cm³/mol. The lowest BCUT2D eigenvalue weighted by molar-refractivity contribution is 0.270. The van der Waals surface area contributed by atoms with Crippen molar-refractivity contribution in [1.82, 2.24) is 4.57 Å². The van der Waals surface area contributed by atoms with Gasteiger partial charge in [0, 0.05) is 18.8 Å². The summed E-state index contributed by atoms with van der Waals surface area (Å²) in [6, 6.07) is 1.36. The van der Waals surface area contributed by atoms with Crippen LogP contribution in [0.4, 0.5) is 0 Å². The lowest BCUT2D eigenvalue weighted by Gasteiger charge is -2.06. The Kier molecular flexibility index (Phi) is 2.50. The fourth-order valence-corrected chi connectivity index (χ4v) is 0.957. The topological polar surface area (TPSA) is 51.5 Å². The molecule has 0 saturated carbocycles. The van der Waals surface area contributed by atoms with Crippen molar-refractivity contribution in [2.75, 3.05) is 7.11 Å². The minimum Gasteiger partial charge on any atom is -0.491 e. The number of aryl methyl sites for hydroxylation is 1. The molecule has 1 rings (SSSR count). The quantitative estimate of drug-likeness (QED) is 0.671. The number of nitrogens with zero attached hydrogens (tertiary/aromatic N) is 1. The maximum Gasteiger partial charge on any atom is 0.223 e. The summed E-state index contributed by atoms with van der Waals surface area (Å²) in [5.74, 6) is 0.287. The first kappa shape index (κ1) is 8.80. The minimum absolute atomic E-state index is 0.143. The molecule has 0 aliphatic carbocycles. The van der Waals surface area contributed by atoms with E-state index in [4.69, 9.17) is 9.84 Å². The van der Waals surface area contributed by atoms with Gasteiger partial charge in [-0.1, -0.05) is 0 Å². The monoisotopic (exact) mass is 169 g/mol. The van der Waals surface area contributed by atoms with Gasteiger partial charge in [0.25, 0.3) is 0 Å². The molecule has 0 fully saturated rings. The first-order valence-corrected chi connectivity index (χ1v) is 3.53. The SMILES string of the molecule is COc1cn(C)c(CO)cc1=O. The van der Waals surface area contributed by atoms with Crippen LogP contribution >= 0.6 is 0 Å². The zero-order valence-electron chi connectivity index (χ0n) is 7.07. The highest BCUT2D eigenvalue weighted by atomic mass is 16.5. The standard InChI is InChI=1S/C8H11NO3/c1-9-4-8(12-2)7(11)3-6(9)5-10/h3-4,10H,5H2,1-2H3. The molecule has 4 heteroatoms. The molecule has 1 N–H and O–H groups in total. The molecule has 0 amide bonds. The number of rotatable bonds is 2. The van der Waals surface area contributed by atoms with Gasteiger partial charge in [-0.05, 0) is 0 Å². The van der Waals surface area contributed by atoms with Gasteiger partial charge in [-0.25, -0.2) is 0 Å². The molecule has 0 saturated heterocycles. The maximum absolute atomic E-state index is 11.1. The van der Waals surface area contributed by atoms with E-state index in [1.54, 1.807) is 17.8 Å². The van der Waals surface area contributed by atoms with Crippen molar-refractivity contribution in [2.24, 2.45) is 7.05 Å². The van der Waals surface area contributed by atoms with Crippen LogP contribution in [0.25, 0.3) is 0 Å². The Morgan fingerprint density at radius 2 is 2.33 bits per heavy atom. The van der Waals surface area contributed by atoms with Crippen molar-refractivity contribution in [3.8, 4) is 5.75 Å². The number of aliphatic hydroxyl groups excluding tert-OH is 1. The molecule has 66 valence electrons. The molecule has 0 atom stereocenters. The number of hydrogen-bond acceptors (Lipinski definition) is 3. The molecule has 1 aromatic rings. The van der Waals surface area contributed by atoms with Crippen LogP contribution in [0.15, 0.2) is 17.1 Å². The van der Waals surface area contributed by atoms with E-state index in [0.717, 1.165) is 0 Å². The Hall–Kier alpha value is -1.29. The Morgan fingerprint density at radius 3 is 2.83 bits per heavy atom. The highest BCUT2D eigenvalue weighted by molar-refractivity contribution is 5.21. The average Bonchev–Trinajstić information content (AvgIpc) is 2.08. The summed E-state index contributed by atoms with van der Waals surface area (Å²) < 4.78 is 6.46. The van der Waals surface area contributed by atoms with E-state index in [9.17, 15) is 4.79 Å². The van der Waals surface area contributed by atoms with E-state index >= 15 is 0 Å². The number of hydrogen-bond donors (Lipinski definition) is 1. The van der Waals surface area contributed by atoms with Gasteiger partial charge in [-0.15, -0.1) is 0 Å². The molecule has 0 bridgehead atoms. The molecule has 0 radical (unpaired) electrons. The van der Waals surface area contributed by atoms with Crippen LogP contribution in [-0.2, 0) is 13.7 Å². The van der Waals surface area contributed by atoms with Crippen molar-refractivity contribution < 1.29 is 9.84 Å². The average molecular weight is 169 g/mol. The highest BCUT2D eigenvalue weighted by Gasteiger charge is 2.02. The van der Waals surface area contributed by atoms with Gasteiger partial charge in [-0.2, -0.15) is 0 Å². The number of ether oxygens (including phenoxy) is 1. The van der Waals surface area contributed by atoms with Crippen molar-refractivity contribution in [3.05, 3.63) is 28.2 Å². The summed E-state index contributed by atoms with van der Waals surface area (Å²) in [5.41, 5.74) is 0.362. The van der Waals surface area contributed by atoms with E-state index < -0.39 is 0 Å². The van der Waals surface area contributed by atoms with Crippen LogP contribution in [0.2, 0.25) is 0 Å². The van der Waals surface area contributed by atoms with Gasteiger partial charge < -0.3 is 14.4 Å². The molecule has 12 heavy (non-hydrogen) atoms. The third-order valence-electron chi connectivity index (χ3n) is 1.69. The van der Waals surface area contributed by atoms with E-state index in [1.807, 2.05) is 0 Å². The normalized spacial score (nSPS) is 9.92. The molecular formula is C8H11NO3. The van der Waals surface area contributed by atoms with Gasteiger partial charge in [0.15, 0.2) is 5.75 Å². The van der Waals surface area contributed by atoms with E-state index in [-0.39, 0.29) is 17.8 Å². The first-order valence-electron chi connectivity index (χ1n) is 3.53. The molecule has 0 aliphatic rings. The van der Waals surface area contributed by atoms with Crippen molar-refractivity contribution in [1.29, 1.82) is 0 Å². The molecule has 0 spiro atoms. The summed E-state index contributed by atoms with van der Waals surface area (Å²) in [7, 11) is 3.18. The zero-order chi connectivity index (χ0) is 9.14. The van der Waals surface area contributed by atoms with Crippen molar-refractivity contribution >= 4 is 0 Å². The van der Waals surface area contributed by atoms with Crippen LogP contribution in [0, 0.1) is 0 Å². The van der Waals surface area contributed by atoms with Gasteiger partial charge in [0.2, 0.25) is 5.43 Å². The summed E-state index contributed by atoms with van der Waals surface area (Å²) >= 11 is 0. The first-order chi connectivity index (χ1) is 5.69. The summed E-state index contributed by atoms with van der Waals surface area (Å²) in [6.45, 7) is -0.143. The van der Waals surface area contributed by atoms with E-state index in [0.29, 0.717) is 5.69 Å². The second kappa shape index (κ2) is 3.40. The lowest BCUT2D eigenvalue weighted by atomic mass is 10.3. The molecule has 4 nitrogen and oxygen atoms in total. The second-order valence-corrected chi connectivity index (χ2v) is 2.47. The van der Waals surface area contributed by atoms with Crippen LogP contribution in [0.1, 0.15) is 5.69 Å². The fourth-order valence-electron chi connectivity index (χ4n) is 0.957. The summed E-state index contributed by atoms with van der Waals surface area (Å²) in [6.07, 6.45) is 1.55. The number of aromatic nitrogens is 1. The van der Waals surface area contributed by atoms with Crippen LogP contribution in [0.3, 0.4) is 0 Å². The third-order valence-corrected chi connectivity index (χ3v) is 1.69. The van der Waals surface area contributed by atoms with Gasteiger partial charge in [-0.3, -0.25) is 4.79 Å². The Balaban J connectivity index is 3.26. The zero-order valence-corrected chi connectivity index (χ0v) is 7.07. The Labute approximate surface area is 70.0 Å². The van der Waals surface area contributed by atoms with Gasteiger partial charge >= 0.3 is 0 Å². The number of methoxy groups -OCH3 is 1. The Morgan fingerprint density at radius 1 is 1.67 bits per heavy atom. The molecule has 1 heterocycles. The smallest absolute Gasteiger partial charge is 0.223 e. The molecule has 0 aromatic carbocycles. The summed E-state index contributed by atoms with van der Waals surface area (Å²) in [5, 5.41) is 8.81. The van der Waals surface area contributed by atoms with Crippen LogP contribution in [-0.4, -0.2) is 16.8 Å². The summed E-state index contributed by atoms with van der Waals surface area (Å²) in [4.78, 5) is 11.1. The van der Waals surface area contributed by atoms with Gasteiger partial charge in [0.05, 0.1) is 19.9 Å². The molecular weight excluding hydrogens is 158 g/mol. The maximum atomic E-state index is 11.1.